The molecule has 0 aliphatic heterocycles. The maximum Gasteiger partial charge on any atom is 0.321 e. The number of nitrogens with one attached hydrogen (secondary N) is 2. The Morgan fingerprint density at radius 1 is 1.30 bits per heavy atom. The molecule has 6 heteroatoms. The van der Waals surface area contributed by atoms with E-state index in [4.69, 9.17) is 5.73 Å². The monoisotopic (exact) mass is 278 g/mol. The third kappa shape index (κ3) is 4.55. The first-order valence-electron chi connectivity index (χ1n) is 6.59. The van der Waals surface area contributed by atoms with Crippen molar-refractivity contribution < 1.29 is 9.59 Å². The Morgan fingerprint density at radius 2 is 1.90 bits per heavy atom. The van der Waals surface area contributed by atoms with Crippen LogP contribution in [0, 0.1) is 0 Å². The highest BCUT2D eigenvalue weighted by atomic mass is 16.2. The summed E-state index contributed by atoms with van der Waals surface area (Å²) in [4.78, 5) is 25.1. The van der Waals surface area contributed by atoms with Crippen LogP contribution in [0.1, 0.15) is 19.4 Å². The molecule has 6 nitrogen and oxygen atoms in total. The van der Waals surface area contributed by atoms with Gasteiger partial charge in [-0.15, -0.1) is 0 Å². The molecule has 0 radical (unpaired) electrons. The van der Waals surface area contributed by atoms with Crippen molar-refractivity contribution in [2.24, 2.45) is 0 Å². The zero-order valence-electron chi connectivity index (χ0n) is 12.1. The smallest absolute Gasteiger partial charge is 0.321 e. The fourth-order valence-corrected chi connectivity index (χ4v) is 1.82. The lowest BCUT2D eigenvalue weighted by Crippen LogP contribution is -2.48. The van der Waals surface area contributed by atoms with Gasteiger partial charge in [-0.1, -0.05) is 19.1 Å². The highest BCUT2D eigenvalue weighted by Crippen LogP contribution is 2.11. The van der Waals surface area contributed by atoms with Crippen molar-refractivity contribution in [3.63, 3.8) is 0 Å². The molecule has 1 aromatic carbocycles. The SMILES string of the molecule is CCN(Cc1ccc(N)cc1)C(C)C(=O)NC(=O)NC. The Balaban J connectivity index is 2.67. The maximum atomic E-state index is 11.9. The third-order valence-electron chi connectivity index (χ3n) is 3.16. The molecule has 1 unspecified atom stereocenters. The number of amides is 3. The van der Waals surface area contributed by atoms with Gasteiger partial charge in [-0.2, -0.15) is 0 Å². The van der Waals surface area contributed by atoms with E-state index in [0.717, 1.165) is 5.56 Å². The lowest BCUT2D eigenvalue weighted by molar-refractivity contribution is -0.124. The summed E-state index contributed by atoms with van der Waals surface area (Å²) in [5.41, 5.74) is 7.43. The molecule has 0 bridgehead atoms. The van der Waals surface area contributed by atoms with E-state index in [0.29, 0.717) is 18.8 Å². The highest BCUT2D eigenvalue weighted by molar-refractivity contribution is 5.96. The van der Waals surface area contributed by atoms with E-state index in [1.165, 1.54) is 7.05 Å². The molecule has 0 heterocycles. The molecule has 0 spiro atoms. The van der Waals surface area contributed by atoms with E-state index >= 15 is 0 Å². The number of urea groups is 1. The van der Waals surface area contributed by atoms with Crippen molar-refractivity contribution in [2.75, 3.05) is 19.3 Å². The van der Waals surface area contributed by atoms with Crippen molar-refractivity contribution in [3.8, 4) is 0 Å². The number of likely N-dealkylation sites (N-methyl/N-ethyl adjacent to an activating group) is 1. The van der Waals surface area contributed by atoms with Gasteiger partial charge in [0.25, 0.3) is 0 Å². The van der Waals surface area contributed by atoms with Gasteiger partial charge in [0, 0.05) is 19.3 Å². The molecule has 0 saturated heterocycles. The van der Waals surface area contributed by atoms with Crippen LogP contribution in [-0.4, -0.2) is 36.5 Å². The Hall–Kier alpha value is -2.08. The van der Waals surface area contributed by atoms with Gasteiger partial charge in [0.15, 0.2) is 0 Å². The van der Waals surface area contributed by atoms with Gasteiger partial charge in [-0.3, -0.25) is 15.0 Å². The van der Waals surface area contributed by atoms with Gasteiger partial charge in [0.1, 0.15) is 0 Å². The molecule has 1 aromatic rings. The largest absolute Gasteiger partial charge is 0.399 e. The van der Waals surface area contributed by atoms with Crippen LogP contribution in [-0.2, 0) is 11.3 Å². The Kier molecular flexibility index (Phi) is 5.99. The third-order valence-corrected chi connectivity index (χ3v) is 3.16. The lowest BCUT2D eigenvalue weighted by atomic mass is 10.1. The number of rotatable bonds is 5. The van der Waals surface area contributed by atoms with Gasteiger partial charge in [0.05, 0.1) is 6.04 Å². The lowest BCUT2D eigenvalue weighted by Gasteiger charge is -2.26. The average Bonchev–Trinajstić information content (AvgIpc) is 2.45. The van der Waals surface area contributed by atoms with Crippen LogP contribution in [0.5, 0.6) is 0 Å². The number of nitrogens with two attached hydrogens (primary N) is 1. The van der Waals surface area contributed by atoms with Crippen LogP contribution < -0.4 is 16.4 Å². The summed E-state index contributed by atoms with van der Waals surface area (Å²) < 4.78 is 0. The quantitative estimate of drug-likeness (QED) is 0.699. The summed E-state index contributed by atoms with van der Waals surface area (Å²) in [7, 11) is 1.47. The van der Waals surface area contributed by atoms with Crippen LogP contribution in [0.25, 0.3) is 0 Å². The van der Waals surface area contributed by atoms with Crippen LogP contribution in [0.15, 0.2) is 24.3 Å². The Bertz CT molecular complexity index is 459. The zero-order valence-corrected chi connectivity index (χ0v) is 12.1. The van der Waals surface area contributed by atoms with Crippen molar-refractivity contribution in [1.82, 2.24) is 15.5 Å². The number of nitrogen functional groups attached to an aromatic ring is 1. The Morgan fingerprint density at radius 3 is 2.40 bits per heavy atom. The van der Waals surface area contributed by atoms with E-state index in [1.54, 1.807) is 6.92 Å². The minimum atomic E-state index is -0.495. The number of hydrogen-bond acceptors (Lipinski definition) is 4. The first-order chi connectivity index (χ1) is 9.47. The minimum absolute atomic E-state index is 0.318. The molecule has 0 aromatic heterocycles. The second-order valence-corrected chi connectivity index (χ2v) is 4.55. The summed E-state index contributed by atoms with van der Waals surface area (Å²) in [6.07, 6.45) is 0. The molecule has 3 amide bonds. The van der Waals surface area contributed by atoms with Crippen molar-refractivity contribution >= 4 is 17.6 Å². The number of benzene rings is 1. The molecule has 1 rings (SSSR count). The molecule has 1 atom stereocenters. The number of hydrogen-bond donors (Lipinski definition) is 3. The maximum absolute atomic E-state index is 11.9. The van der Waals surface area contributed by atoms with Crippen molar-refractivity contribution in [2.45, 2.75) is 26.4 Å². The molecule has 20 heavy (non-hydrogen) atoms. The first kappa shape index (κ1) is 16.0. The van der Waals surface area contributed by atoms with Crippen LogP contribution >= 0.6 is 0 Å². The van der Waals surface area contributed by atoms with Crippen molar-refractivity contribution in [1.29, 1.82) is 0 Å². The summed E-state index contributed by atoms with van der Waals surface area (Å²) in [5.74, 6) is -0.318. The van der Waals surface area contributed by atoms with E-state index in [2.05, 4.69) is 10.6 Å². The predicted molar refractivity (Wildman–Crippen MR) is 79.0 cm³/mol. The zero-order chi connectivity index (χ0) is 15.1. The molecule has 0 aliphatic carbocycles. The van der Waals surface area contributed by atoms with Gasteiger partial charge < -0.3 is 11.1 Å². The number of nitrogens with zero attached hydrogens (tertiary/aromatic N) is 1. The van der Waals surface area contributed by atoms with Crippen LogP contribution in [0.4, 0.5) is 10.5 Å². The van der Waals surface area contributed by atoms with E-state index in [9.17, 15) is 9.59 Å². The van der Waals surface area contributed by atoms with Crippen LogP contribution in [0.3, 0.4) is 0 Å². The second kappa shape index (κ2) is 7.49. The summed E-state index contributed by atoms with van der Waals surface area (Å²) in [5, 5.41) is 4.65. The molecule has 4 N–H and O–H groups in total. The summed E-state index contributed by atoms with van der Waals surface area (Å²) >= 11 is 0. The molecule has 110 valence electrons. The predicted octanol–water partition coefficient (Wildman–Crippen LogP) is 0.935. The number of imide groups is 1. The highest BCUT2D eigenvalue weighted by Gasteiger charge is 2.21. The fourth-order valence-electron chi connectivity index (χ4n) is 1.82. The minimum Gasteiger partial charge on any atom is -0.399 e. The number of carbonyl (C=O) groups excluding carboxylic acids is 2. The van der Waals surface area contributed by atoms with E-state index < -0.39 is 12.1 Å². The van der Waals surface area contributed by atoms with Gasteiger partial charge in [-0.05, 0) is 31.2 Å². The molecule has 0 aliphatic rings. The van der Waals surface area contributed by atoms with Crippen molar-refractivity contribution in [3.05, 3.63) is 29.8 Å². The standard InChI is InChI=1S/C14H22N4O2/c1-4-18(9-11-5-7-12(15)8-6-11)10(2)13(19)17-14(20)16-3/h5-8,10H,4,9,15H2,1-3H3,(H2,16,17,19,20). The topological polar surface area (TPSA) is 87.5 Å². The first-order valence-corrected chi connectivity index (χ1v) is 6.59. The van der Waals surface area contributed by atoms with Gasteiger partial charge in [-0.25, -0.2) is 4.79 Å². The number of anilines is 1. The normalized spacial score (nSPS) is 12.0. The van der Waals surface area contributed by atoms with Gasteiger partial charge >= 0.3 is 6.03 Å². The molecular formula is C14H22N4O2. The fraction of sp³-hybridized carbons (Fsp3) is 0.429. The van der Waals surface area contributed by atoms with Crippen LogP contribution in [0.2, 0.25) is 0 Å². The average molecular weight is 278 g/mol. The van der Waals surface area contributed by atoms with E-state index in [-0.39, 0.29) is 5.91 Å². The Labute approximate surface area is 119 Å². The molecule has 0 saturated carbocycles. The number of carbonyl (C=O) groups is 2. The summed E-state index contributed by atoms with van der Waals surface area (Å²) in [6.45, 7) is 5.08. The molecule has 0 fully saturated rings. The van der Waals surface area contributed by atoms with Gasteiger partial charge in [0.2, 0.25) is 5.91 Å². The molecular weight excluding hydrogens is 256 g/mol. The second-order valence-electron chi connectivity index (χ2n) is 4.55. The van der Waals surface area contributed by atoms with E-state index in [1.807, 2.05) is 36.1 Å². The summed E-state index contributed by atoms with van der Waals surface area (Å²) in [6, 6.07) is 6.64.